The van der Waals surface area contributed by atoms with Gasteiger partial charge in [-0.05, 0) is 39.0 Å². The molecule has 0 bridgehead atoms. The van der Waals surface area contributed by atoms with Crippen molar-refractivity contribution in [1.82, 2.24) is 20.8 Å². The number of sulfone groups is 1. The SMILES string of the molecule is CC1(OC2CCC3NNC(c4cc(N5CC(S(C)(=O)=O)C5)ncn4)C3C2)CC1. The van der Waals surface area contributed by atoms with Gasteiger partial charge in [-0.2, -0.15) is 0 Å². The minimum Gasteiger partial charge on any atom is -0.372 e. The van der Waals surface area contributed by atoms with E-state index in [-0.39, 0.29) is 16.9 Å². The predicted molar refractivity (Wildman–Crippen MR) is 106 cm³/mol. The van der Waals surface area contributed by atoms with Crippen LogP contribution in [0.2, 0.25) is 0 Å². The molecule has 0 amide bonds. The summed E-state index contributed by atoms with van der Waals surface area (Å²) in [5.74, 6) is 1.24. The number of hydrogen-bond donors (Lipinski definition) is 2. The van der Waals surface area contributed by atoms with Gasteiger partial charge < -0.3 is 9.64 Å². The fourth-order valence-corrected chi connectivity index (χ4v) is 5.62. The highest BCUT2D eigenvalue weighted by Crippen LogP contribution is 2.45. The molecule has 4 fully saturated rings. The Morgan fingerprint density at radius 2 is 2.00 bits per heavy atom. The maximum atomic E-state index is 11.7. The van der Waals surface area contributed by atoms with Crippen LogP contribution in [-0.2, 0) is 14.6 Å². The average Bonchev–Trinajstić information content (AvgIpc) is 3.16. The number of hydrazine groups is 1. The Balaban J connectivity index is 1.28. The first kappa shape index (κ1) is 18.7. The minimum atomic E-state index is -2.99. The molecule has 2 N–H and O–H groups in total. The predicted octanol–water partition coefficient (Wildman–Crippen LogP) is 0.965. The van der Waals surface area contributed by atoms with Crippen LogP contribution in [0.5, 0.6) is 0 Å². The fraction of sp³-hybridized carbons (Fsp3) is 0.789. The zero-order chi connectivity index (χ0) is 19.5. The molecule has 1 aromatic heterocycles. The van der Waals surface area contributed by atoms with Crippen molar-refractivity contribution in [3.05, 3.63) is 18.1 Å². The van der Waals surface area contributed by atoms with Gasteiger partial charge in [0.2, 0.25) is 0 Å². The lowest BCUT2D eigenvalue weighted by Gasteiger charge is -2.39. The Morgan fingerprint density at radius 3 is 2.71 bits per heavy atom. The number of nitrogens with zero attached hydrogens (tertiary/aromatic N) is 3. The van der Waals surface area contributed by atoms with Crippen LogP contribution in [0.1, 0.15) is 50.8 Å². The summed E-state index contributed by atoms with van der Waals surface area (Å²) < 4.78 is 29.7. The first-order valence-corrected chi connectivity index (χ1v) is 12.2. The summed E-state index contributed by atoms with van der Waals surface area (Å²) in [5.41, 5.74) is 7.97. The Kier molecular flexibility index (Phi) is 4.42. The van der Waals surface area contributed by atoms with Crippen molar-refractivity contribution < 1.29 is 13.2 Å². The second kappa shape index (κ2) is 6.62. The number of anilines is 1. The first-order chi connectivity index (χ1) is 13.3. The molecule has 3 heterocycles. The molecule has 8 nitrogen and oxygen atoms in total. The molecule has 4 atom stereocenters. The first-order valence-electron chi connectivity index (χ1n) is 10.3. The smallest absolute Gasteiger partial charge is 0.153 e. The highest BCUT2D eigenvalue weighted by Gasteiger charge is 2.46. The van der Waals surface area contributed by atoms with E-state index >= 15 is 0 Å². The second-order valence-electron chi connectivity index (χ2n) is 9.20. The lowest BCUT2D eigenvalue weighted by Crippen LogP contribution is -2.54. The number of aromatic nitrogens is 2. The molecule has 9 heteroatoms. The third-order valence-corrected chi connectivity index (χ3v) is 8.39. The molecule has 5 rings (SSSR count). The highest BCUT2D eigenvalue weighted by atomic mass is 32.2. The maximum Gasteiger partial charge on any atom is 0.153 e. The van der Waals surface area contributed by atoms with Crippen molar-refractivity contribution in [3.8, 4) is 0 Å². The lowest BCUT2D eigenvalue weighted by molar-refractivity contribution is -0.0500. The van der Waals surface area contributed by atoms with Crippen LogP contribution in [0, 0.1) is 5.92 Å². The van der Waals surface area contributed by atoms with Crippen molar-refractivity contribution in [2.24, 2.45) is 5.92 Å². The molecule has 1 aromatic rings. The van der Waals surface area contributed by atoms with E-state index in [1.807, 2.05) is 11.0 Å². The Labute approximate surface area is 166 Å². The molecule has 0 spiro atoms. The molecule has 2 saturated carbocycles. The summed E-state index contributed by atoms with van der Waals surface area (Å²) >= 11 is 0. The van der Waals surface area contributed by atoms with E-state index in [0.29, 0.717) is 31.2 Å². The van der Waals surface area contributed by atoms with Gasteiger partial charge in [0.05, 0.1) is 28.7 Å². The normalized spacial score (nSPS) is 34.7. The number of ether oxygens (including phenoxy) is 1. The molecule has 2 aliphatic carbocycles. The molecule has 28 heavy (non-hydrogen) atoms. The van der Waals surface area contributed by atoms with Gasteiger partial charge >= 0.3 is 0 Å². The topological polar surface area (TPSA) is 96.5 Å². The standard InChI is InChI=1S/C19H29N5O3S/c1-19(5-6-19)27-12-3-4-15-14(7-12)18(23-22-15)16-8-17(21-11-20-16)24-9-13(10-24)28(2,25)26/h8,11-15,18,22-23H,3-7,9-10H2,1-2H3. The Morgan fingerprint density at radius 1 is 1.21 bits per heavy atom. The number of nitrogens with one attached hydrogen (secondary N) is 2. The van der Waals surface area contributed by atoms with Crippen LogP contribution >= 0.6 is 0 Å². The van der Waals surface area contributed by atoms with Crippen molar-refractivity contribution in [1.29, 1.82) is 0 Å². The number of hydrogen-bond acceptors (Lipinski definition) is 8. The molecule has 0 radical (unpaired) electrons. The van der Waals surface area contributed by atoms with Crippen LogP contribution < -0.4 is 15.8 Å². The fourth-order valence-electron chi connectivity index (χ4n) is 4.71. The molecule has 154 valence electrons. The van der Waals surface area contributed by atoms with Gasteiger partial charge in [0.15, 0.2) is 9.84 Å². The maximum absolute atomic E-state index is 11.7. The molecule has 2 saturated heterocycles. The van der Waals surface area contributed by atoms with Crippen molar-refractivity contribution >= 4 is 15.7 Å². The molecule has 4 unspecified atom stereocenters. The van der Waals surface area contributed by atoms with E-state index in [2.05, 4.69) is 27.7 Å². The van der Waals surface area contributed by atoms with Gasteiger partial charge in [0.1, 0.15) is 12.1 Å². The van der Waals surface area contributed by atoms with E-state index in [1.165, 1.54) is 19.1 Å². The summed E-state index contributed by atoms with van der Waals surface area (Å²) in [7, 11) is -2.99. The largest absolute Gasteiger partial charge is 0.372 e. The Hall–Kier alpha value is -1.29. The number of rotatable bonds is 5. The third-order valence-electron chi connectivity index (χ3n) is 6.88. The third kappa shape index (κ3) is 3.53. The van der Waals surface area contributed by atoms with E-state index in [4.69, 9.17) is 4.74 Å². The van der Waals surface area contributed by atoms with Crippen molar-refractivity contribution in [2.45, 2.75) is 68.1 Å². The van der Waals surface area contributed by atoms with Gasteiger partial charge in [-0.3, -0.25) is 5.43 Å². The van der Waals surface area contributed by atoms with Gasteiger partial charge in [0.25, 0.3) is 0 Å². The molecular weight excluding hydrogens is 378 g/mol. The monoisotopic (exact) mass is 407 g/mol. The Bertz CT molecular complexity index is 853. The van der Waals surface area contributed by atoms with Crippen LogP contribution in [0.25, 0.3) is 0 Å². The van der Waals surface area contributed by atoms with Crippen molar-refractivity contribution in [2.75, 3.05) is 24.2 Å². The molecule has 2 aliphatic heterocycles. The van der Waals surface area contributed by atoms with Crippen LogP contribution in [0.15, 0.2) is 12.4 Å². The molecule has 4 aliphatic rings. The van der Waals surface area contributed by atoms with Gasteiger partial charge in [-0.15, -0.1) is 0 Å². The molecular formula is C19H29N5O3S. The summed E-state index contributed by atoms with van der Waals surface area (Å²) in [4.78, 5) is 10.9. The minimum absolute atomic E-state index is 0.113. The van der Waals surface area contributed by atoms with Gasteiger partial charge in [-0.1, -0.05) is 0 Å². The zero-order valence-electron chi connectivity index (χ0n) is 16.5. The van der Waals surface area contributed by atoms with Crippen LogP contribution in [0.3, 0.4) is 0 Å². The van der Waals surface area contributed by atoms with Crippen LogP contribution in [-0.4, -0.2) is 60.7 Å². The van der Waals surface area contributed by atoms with E-state index in [1.54, 1.807) is 6.33 Å². The van der Waals surface area contributed by atoms with E-state index in [0.717, 1.165) is 30.8 Å². The van der Waals surface area contributed by atoms with E-state index < -0.39 is 9.84 Å². The van der Waals surface area contributed by atoms with Gasteiger partial charge in [0, 0.05) is 37.4 Å². The summed E-state index contributed by atoms with van der Waals surface area (Å²) in [6, 6.07) is 2.57. The lowest BCUT2D eigenvalue weighted by atomic mass is 9.79. The average molecular weight is 408 g/mol. The highest BCUT2D eigenvalue weighted by molar-refractivity contribution is 7.91. The summed E-state index contributed by atoms with van der Waals surface area (Å²) in [6.45, 7) is 3.23. The summed E-state index contributed by atoms with van der Waals surface area (Å²) in [6.07, 6.45) is 8.82. The van der Waals surface area contributed by atoms with Crippen molar-refractivity contribution in [3.63, 3.8) is 0 Å². The molecule has 0 aromatic carbocycles. The summed E-state index contributed by atoms with van der Waals surface area (Å²) in [5, 5.41) is -0.290. The second-order valence-corrected chi connectivity index (χ2v) is 11.5. The zero-order valence-corrected chi connectivity index (χ0v) is 17.3. The van der Waals surface area contributed by atoms with Crippen LogP contribution in [0.4, 0.5) is 5.82 Å². The van der Waals surface area contributed by atoms with E-state index in [9.17, 15) is 8.42 Å². The number of fused-ring (bicyclic) bond motifs is 1. The van der Waals surface area contributed by atoms with Gasteiger partial charge in [-0.25, -0.2) is 23.8 Å². The quantitative estimate of drug-likeness (QED) is 0.745.